The van der Waals surface area contributed by atoms with Gasteiger partial charge in [0, 0.05) is 29.3 Å². The first-order valence-corrected chi connectivity index (χ1v) is 7.76. The molecule has 0 fully saturated rings. The Morgan fingerprint density at radius 2 is 1.70 bits per heavy atom. The third-order valence-corrected chi connectivity index (χ3v) is 4.11. The number of nitrogens with zero attached hydrogens (tertiary/aromatic N) is 1. The van der Waals surface area contributed by atoms with Crippen LogP contribution in [-0.4, -0.2) is 31.4 Å². The molecule has 3 heteroatoms. The van der Waals surface area contributed by atoms with Crippen LogP contribution in [0.5, 0.6) is 5.75 Å². The average Bonchev–Trinajstić information content (AvgIpc) is 2.49. The second-order valence-electron chi connectivity index (χ2n) is 4.71. The van der Waals surface area contributed by atoms with Gasteiger partial charge in [0.1, 0.15) is 5.75 Å². The van der Waals surface area contributed by atoms with E-state index >= 15 is 0 Å². The standard InChI is InChI=1S/C17H21NOS/c1-18(12-13-20-16-9-4-3-5-10-16)14-15-8-6-7-11-17(15)19-2/h3-11H,12-14H2,1-2H3. The quantitative estimate of drug-likeness (QED) is 0.716. The molecular formula is C17H21NOS. The number of methoxy groups -OCH3 is 1. The van der Waals surface area contributed by atoms with Crippen molar-refractivity contribution < 1.29 is 4.74 Å². The van der Waals surface area contributed by atoms with E-state index in [1.54, 1.807) is 7.11 Å². The molecule has 2 aromatic rings. The molecule has 0 heterocycles. The van der Waals surface area contributed by atoms with Crippen LogP contribution in [0.25, 0.3) is 0 Å². The van der Waals surface area contributed by atoms with E-state index in [1.165, 1.54) is 10.5 Å². The van der Waals surface area contributed by atoms with Gasteiger partial charge in [-0.15, -0.1) is 11.8 Å². The summed E-state index contributed by atoms with van der Waals surface area (Å²) in [4.78, 5) is 3.66. The molecule has 0 bridgehead atoms. The van der Waals surface area contributed by atoms with Crippen molar-refractivity contribution in [3.63, 3.8) is 0 Å². The van der Waals surface area contributed by atoms with Gasteiger partial charge in [-0.1, -0.05) is 36.4 Å². The van der Waals surface area contributed by atoms with Gasteiger partial charge in [-0.3, -0.25) is 0 Å². The van der Waals surface area contributed by atoms with Gasteiger partial charge in [0.25, 0.3) is 0 Å². The maximum absolute atomic E-state index is 5.39. The maximum Gasteiger partial charge on any atom is 0.123 e. The molecule has 0 aliphatic carbocycles. The van der Waals surface area contributed by atoms with E-state index in [1.807, 2.05) is 23.9 Å². The fourth-order valence-electron chi connectivity index (χ4n) is 2.04. The van der Waals surface area contributed by atoms with E-state index in [4.69, 9.17) is 4.74 Å². The predicted octanol–water partition coefficient (Wildman–Crippen LogP) is 3.92. The second-order valence-corrected chi connectivity index (χ2v) is 5.88. The summed E-state index contributed by atoms with van der Waals surface area (Å²) in [5.41, 5.74) is 1.24. The lowest BCUT2D eigenvalue weighted by Gasteiger charge is -2.18. The zero-order valence-electron chi connectivity index (χ0n) is 12.1. The average molecular weight is 287 g/mol. The van der Waals surface area contributed by atoms with Crippen molar-refractivity contribution in [2.75, 3.05) is 26.5 Å². The normalized spacial score (nSPS) is 10.8. The smallest absolute Gasteiger partial charge is 0.123 e. The van der Waals surface area contributed by atoms with Gasteiger partial charge in [-0.2, -0.15) is 0 Å². The SMILES string of the molecule is COc1ccccc1CN(C)CCSc1ccccc1. The molecule has 0 amide bonds. The van der Waals surface area contributed by atoms with Crippen molar-refractivity contribution in [1.29, 1.82) is 0 Å². The molecule has 0 unspecified atom stereocenters. The highest BCUT2D eigenvalue weighted by atomic mass is 32.2. The number of hydrogen-bond donors (Lipinski definition) is 0. The van der Waals surface area contributed by atoms with Crippen LogP contribution in [0.3, 0.4) is 0 Å². The lowest BCUT2D eigenvalue weighted by atomic mass is 10.2. The molecule has 20 heavy (non-hydrogen) atoms. The highest BCUT2D eigenvalue weighted by Crippen LogP contribution is 2.20. The fourth-order valence-corrected chi connectivity index (χ4v) is 3.03. The predicted molar refractivity (Wildman–Crippen MR) is 86.5 cm³/mol. The summed E-state index contributed by atoms with van der Waals surface area (Å²) >= 11 is 1.90. The van der Waals surface area contributed by atoms with Crippen molar-refractivity contribution >= 4 is 11.8 Å². The van der Waals surface area contributed by atoms with E-state index < -0.39 is 0 Å². The molecule has 0 aliphatic rings. The van der Waals surface area contributed by atoms with Crippen molar-refractivity contribution in [3.05, 3.63) is 60.2 Å². The maximum atomic E-state index is 5.39. The molecule has 106 valence electrons. The van der Waals surface area contributed by atoms with Crippen LogP contribution in [-0.2, 0) is 6.54 Å². The summed E-state index contributed by atoms with van der Waals surface area (Å²) in [5.74, 6) is 2.06. The molecule has 0 N–H and O–H groups in total. The summed E-state index contributed by atoms with van der Waals surface area (Å²) in [6.07, 6.45) is 0. The van der Waals surface area contributed by atoms with Gasteiger partial charge in [0.15, 0.2) is 0 Å². The number of para-hydroxylation sites is 1. The Kier molecular flexibility index (Phi) is 5.96. The Hall–Kier alpha value is -1.45. The van der Waals surface area contributed by atoms with Crippen LogP contribution in [0, 0.1) is 0 Å². The van der Waals surface area contributed by atoms with Gasteiger partial charge in [-0.25, -0.2) is 0 Å². The minimum Gasteiger partial charge on any atom is -0.496 e. The van der Waals surface area contributed by atoms with Crippen molar-refractivity contribution in [2.45, 2.75) is 11.4 Å². The van der Waals surface area contributed by atoms with Gasteiger partial charge >= 0.3 is 0 Å². The number of rotatable bonds is 7. The zero-order chi connectivity index (χ0) is 14.2. The molecule has 2 rings (SSSR count). The first-order chi connectivity index (χ1) is 9.79. The fraction of sp³-hybridized carbons (Fsp3) is 0.294. The highest BCUT2D eigenvalue weighted by Gasteiger charge is 2.05. The van der Waals surface area contributed by atoms with E-state index in [0.717, 1.165) is 24.6 Å². The molecule has 0 radical (unpaired) electrons. The molecule has 2 nitrogen and oxygen atoms in total. The van der Waals surface area contributed by atoms with Crippen LogP contribution in [0.1, 0.15) is 5.56 Å². The highest BCUT2D eigenvalue weighted by molar-refractivity contribution is 7.99. The van der Waals surface area contributed by atoms with E-state index in [-0.39, 0.29) is 0 Å². The number of thioether (sulfide) groups is 1. The van der Waals surface area contributed by atoms with Gasteiger partial charge < -0.3 is 9.64 Å². The summed E-state index contributed by atoms with van der Waals surface area (Å²) in [6, 6.07) is 18.7. The number of hydrogen-bond acceptors (Lipinski definition) is 3. The minimum absolute atomic E-state index is 0.916. The van der Waals surface area contributed by atoms with Gasteiger partial charge in [0.05, 0.1) is 7.11 Å². The molecule has 0 saturated carbocycles. The van der Waals surface area contributed by atoms with E-state index in [9.17, 15) is 0 Å². The summed E-state index contributed by atoms with van der Waals surface area (Å²) in [7, 11) is 3.88. The molecule has 0 aromatic heterocycles. The molecule has 0 saturated heterocycles. The lowest BCUT2D eigenvalue weighted by molar-refractivity contribution is 0.335. The lowest BCUT2D eigenvalue weighted by Crippen LogP contribution is -2.21. The van der Waals surface area contributed by atoms with Crippen molar-refractivity contribution in [3.8, 4) is 5.75 Å². The van der Waals surface area contributed by atoms with Crippen LogP contribution in [0.15, 0.2) is 59.5 Å². The minimum atomic E-state index is 0.916. The Balaban J connectivity index is 1.79. The Morgan fingerprint density at radius 1 is 1.00 bits per heavy atom. The Morgan fingerprint density at radius 3 is 2.45 bits per heavy atom. The third kappa shape index (κ3) is 4.58. The topological polar surface area (TPSA) is 12.5 Å². The third-order valence-electron chi connectivity index (χ3n) is 3.12. The van der Waals surface area contributed by atoms with E-state index in [2.05, 4.69) is 54.4 Å². The second kappa shape index (κ2) is 7.98. The molecule has 0 aliphatic heterocycles. The first-order valence-electron chi connectivity index (χ1n) is 6.78. The van der Waals surface area contributed by atoms with E-state index in [0.29, 0.717) is 0 Å². The van der Waals surface area contributed by atoms with Crippen LogP contribution >= 0.6 is 11.8 Å². The summed E-state index contributed by atoms with van der Waals surface area (Å²) < 4.78 is 5.39. The van der Waals surface area contributed by atoms with Crippen molar-refractivity contribution in [2.24, 2.45) is 0 Å². The Bertz CT molecular complexity index is 515. The summed E-state index contributed by atoms with van der Waals surface area (Å²) in [5, 5.41) is 0. The summed E-state index contributed by atoms with van der Waals surface area (Å²) in [6.45, 7) is 1.97. The zero-order valence-corrected chi connectivity index (χ0v) is 12.9. The van der Waals surface area contributed by atoms with Crippen LogP contribution in [0.4, 0.5) is 0 Å². The van der Waals surface area contributed by atoms with Gasteiger partial charge in [0.2, 0.25) is 0 Å². The molecule has 0 atom stereocenters. The number of benzene rings is 2. The molecular weight excluding hydrogens is 266 g/mol. The first kappa shape index (κ1) is 14.9. The Labute approximate surface area is 125 Å². The molecule has 2 aromatic carbocycles. The molecule has 0 spiro atoms. The van der Waals surface area contributed by atoms with Crippen LogP contribution < -0.4 is 4.74 Å². The van der Waals surface area contributed by atoms with Crippen LogP contribution in [0.2, 0.25) is 0 Å². The largest absolute Gasteiger partial charge is 0.496 e. The van der Waals surface area contributed by atoms with Gasteiger partial charge in [-0.05, 0) is 25.2 Å². The van der Waals surface area contributed by atoms with Crippen molar-refractivity contribution in [1.82, 2.24) is 4.90 Å². The monoisotopic (exact) mass is 287 g/mol. The number of ether oxygens (including phenoxy) is 1.